The second kappa shape index (κ2) is 5.81. The lowest BCUT2D eigenvalue weighted by atomic mass is 10.4. The van der Waals surface area contributed by atoms with Gasteiger partial charge in [-0.3, -0.25) is 4.79 Å². The Morgan fingerprint density at radius 2 is 2.33 bits per heavy atom. The van der Waals surface area contributed by atoms with E-state index >= 15 is 0 Å². The lowest BCUT2D eigenvalue weighted by Gasteiger charge is -1.99. The summed E-state index contributed by atoms with van der Waals surface area (Å²) in [6.45, 7) is 0. The van der Waals surface area contributed by atoms with Crippen molar-refractivity contribution in [3.63, 3.8) is 0 Å². The number of nitrogens with two attached hydrogens (primary N) is 1. The number of aliphatic hydroxyl groups is 1. The van der Waals surface area contributed by atoms with Gasteiger partial charge in [0.15, 0.2) is 0 Å². The van der Waals surface area contributed by atoms with Crippen molar-refractivity contribution in [2.24, 2.45) is 5.73 Å². The molecule has 0 bridgehead atoms. The summed E-state index contributed by atoms with van der Waals surface area (Å²) in [5.74, 6) is -0.500. The maximum absolute atomic E-state index is 10.2. The molecule has 0 aromatic heterocycles. The summed E-state index contributed by atoms with van der Waals surface area (Å²) in [6.07, 6.45) is -1.24. The van der Waals surface area contributed by atoms with Crippen molar-refractivity contribution in [3.05, 3.63) is 0 Å². The number of rotatable bonds is 2. The number of halogens is 1. The van der Waals surface area contributed by atoms with Crippen LogP contribution in [0, 0.1) is 0 Å². The first kappa shape index (κ1) is 11.5. The van der Waals surface area contributed by atoms with Gasteiger partial charge in [0.1, 0.15) is 6.23 Å². The van der Waals surface area contributed by atoms with Crippen LogP contribution in [0.1, 0.15) is 6.42 Å². The van der Waals surface area contributed by atoms with Crippen molar-refractivity contribution in [2.45, 2.75) is 12.6 Å². The van der Waals surface area contributed by atoms with E-state index in [-0.39, 0.29) is 18.8 Å². The van der Waals surface area contributed by atoms with E-state index in [0.717, 1.165) is 0 Å². The van der Waals surface area contributed by atoms with Gasteiger partial charge >= 0.3 is 5.97 Å². The molecule has 4 nitrogen and oxygen atoms in total. The first-order valence-electron chi connectivity index (χ1n) is 2.17. The molecule has 0 fully saturated rings. The molecule has 0 radical (unpaired) electrons. The smallest absolute Gasteiger partial charge is 0.309 e. The van der Waals surface area contributed by atoms with Crippen molar-refractivity contribution in [1.82, 2.24) is 0 Å². The summed E-state index contributed by atoms with van der Waals surface area (Å²) in [5.41, 5.74) is 4.82. The van der Waals surface area contributed by atoms with Gasteiger partial charge < -0.3 is 15.6 Å². The SMILES string of the molecule is COC(=O)CC(N)O.Cl. The largest absolute Gasteiger partial charge is 0.469 e. The van der Waals surface area contributed by atoms with Crippen LogP contribution in [0.2, 0.25) is 0 Å². The topological polar surface area (TPSA) is 72.5 Å². The number of aliphatic hydroxyl groups excluding tert-OH is 1. The molecule has 1 unspecified atom stereocenters. The monoisotopic (exact) mass is 155 g/mol. The number of carbonyl (C=O) groups is 1. The lowest BCUT2D eigenvalue weighted by molar-refractivity contribution is -0.142. The second-order valence-electron chi connectivity index (χ2n) is 1.35. The molecule has 9 heavy (non-hydrogen) atoms. The van der Waals surface area contributed by atoms with Gasteiger partial charge in [0.25, 0.3) is 0 Å². The molecule has 0 aliphatic heterocycles. The Hall–Kier alpha value is -0.320. The van der Waals surface area contributed by atoms with E-state index in [4.69, 9.17) is 10.8 Å². The highest BCUT2D eigenvalue weighted by molar-refractivity contribution is 5.85. The van der Waals surface area contributed by atoms with Gasteiger partial charge in [-0.25, -0.2) is 0 Å². The van der Waals surface area contributed by atoms with Gasteiger partial charge in [-0.05, 0) is 0 Å². The molecule has 0 saturated carbocycles. The van der Waals surface area contributed by atoms with Gasteiger partial charge in [-0.2, -0.15) is 0 Å². The minimum atomic E-state index is -1.09. The van der Waals surface area contributed by atoms with E-state index < -0.39 is 12.2 Å². The summed E-state index contributed by atoms with van der Waals surface area (Å²) >= 11 is 0. The Kier molecular flexibility index (Phi) is 7.41. The van der Waals surface area contributed by atoms with Crippen LogP contribution in [-0.4, -0.2) is 24.4 Å². The Morgan fingerprint density at radius 3 is 2.44 bits per heavy atom. The van der Waals surface area contributed by atoms with Crippen LogP contribution >= 0.6 is 12.4 Å². The van der Waals surface area contributed by atoms with Gasteiger partial charge in [0.05, 0.1) is 13.5 Å². The number of hydrogen-bond acceptors (Lipinski definition) is 4. The molecule has 0 rings (SSSR count). The molecule has 56 valence electrons. The highest BCUT2D eigenvalue weighted by Crippen LogP contribution is 1.84. The lowest BCUT2D eigenvalue weighted by Crippen LogP contribution is -2.23. The molecule has 0 aliphatic carbocycles. The van der Waals surface area contributed by atoms with Crippen molar-refractivity contribution < 1.29 is 14.6 Å². The van der Waals surface area contributed by atoms with E-state index in [2.05, 4.69) is 4.74 Å². The molecule has 1 atom stereocenters. The highest BCUT2D eigenvalue weighted by Gasteiger charge is 2.03. The molecule has 5 heteroatoms. The summed E-state index contributed by atoms with van der Waals surface area (Å²) in [5, 5.41) is 8.33. The predicted octanol–water partition coefficient (Wildman–Crippen LogP) is -0.752. The fourth-order valence-corrected chi connectivity index (χ4v) is 0.254. The minimum absolute atomic E-state index is 0. The average molecular weight is 156 g/mol. The normalized spacial score (nSPS) is 11.4. The summed E-state index contributed by atoms with van der Waals surface area (Å²) in [7, 11) is 1.24. The van der Waals surface area contributed by atoms with Crippen LogP contribution in [0.3, 0.4) is 0 Å². The number of ether oxygens (including phenoxy) is 1. The molecule has 3 N–H and O–H groups in total. The zero-order valence-electron chi connectivity index (χ0n) is 5.03. The standard InChI is InChI=1S/C4H9NO3.ClH/c1-8-4(7)2-3(5)6;/h3,6H,2,5H2,1H3;1H. The molecule has 0 heterocycles. The van der Waals surface area contributed by atoms with Crippen LogP contribution in [0.15, 0.2) is 0 Å². The zero-order chi connectivity index (χ0) is 6.57. The molecule has 0 spiro atoms. The van der Waals surface area contributed by atoms with Crippen LogP contribution in [0.4, 0.5) is 0 Å². The fourth-order valence-electron chi connectivity index (χ4n) is 0.254. The van der Waals surface area contributed by atoms with Gasteiger partial charge in [0.2, 0.25) is 0 Å². The molecule has 0 aromatic rings. The van der Waals surface area contributed by atoms with Crippen molar-refractivity contribution in [2.75, 3.05) is 7.11 Å². The number of methoxy groups -OCH3 is 1. The quantitative estimate of drug-likeness (QED) is 0.407. The maximum atomic E-state index is 10.2. The van der Waals surface area contributed by atoms with Gasteiger partial charge in [-0.1, -0.05) is 0 Å². The molecule has 0 saturated heterocycles. The van der Waals surface area contributed by atoms with Gasteiger partial charge in [-0.15, -0.1) is 12.4 Å². The predicted molar refractivity (Wildman–Crippen MR) is 34.1 cm³/mol. The third kappa shape index (κ3) is 7.68. The molecule has 0 aromatic carbocycles. The Labute approximate surface area is 59.4 Å². The first-order chi connectivity index (χ1) is 3.66. The molecule has 0 amide bonds. The third-order valence-electron chi connectivity index (χ3n) is 0.603. The first-order valence-corrected chi connectivity index (χ1v) is 2.17. The highest BCUT2D eigenvalue weighted by atomic mass is 35.5. The Balaban J connectivity index is 0. The number of carbonyl (C=O) groups excluding carboxylic acids is 1. The fraction of sp³-hybridized carbons (Fsp3) is 0.750. The van der Waals surface area contributed by atoms with E-state index in [1.165, 1.54) is 7.11 Å². The summed E-state index contributed by atoms with van der Waals surface area (Å²) < 4.78 is 4.18. The van der Waals surface area contributed by atoms with Crippen LogP contribution in [-0.2, 0) is 9.53 Å². The van der Waals surface area contributed by atoms with Crippen LogP contribution in [0.25, 0.3) is 0 Å². The van der Waals surface area contributed by atoms with E-state index in [0.29, 0.717) is 0 Å². The number of hydrogen-bond donors (Lipinski definition) is 2. The van der Waals surface area contributed by atoms with Crippen LogP contribution < -0.4 is 5.73 Å². The van der Waals surface area contributed by atoms with Gasteiger partial charge in [0, 0.05) is 0 Å². The molecular weight excluding hydrogens is 146 g/mol. The minimum Gasteiger partial charge on any atom is -0.469 e. The average Bonchev–Trinajstić information content (AvgIpc) is 1.65. The van der Waals surface area contributed by atoms with E-state index in [1.54, 1.807) is 0 Å². The van der Waals surface area contributed by atoms with Crippen molar-refractivity contribution in [3.8, 4) is 0 Å². The third-order valence-corrected chi connectivity index (χ3v) is 0.603. The zero-order valence-corrected chi connectivity index (χ0v) is 5.85. The van der Waals surface area contributed by atoms with E-state index in [9.17, 15) is 4.79 Å². The van der Waals surface area contributed by atoms with Crippen molar-refractivity contribution in [1.29, 1.82) is 0 Å². The summed E-state index contributed by atoms with van der Waals surface area (Å²) in [4.78, 5) is 10.2. The Morgan fingerprint density at radius 1 is 1.89 bits per heavy atom. The Bertz CT molecular complexity index is 85.9. The second-order valence-corrected chi connectivity index (χ2v) is 1.35. The number of esters is 1. The van der Waals surface area contributed by atoms with Crippen molar-refractivity contribution >= 4 is 18.4 Å². The molecular formula is C4H10ClNO3. The van der Waals surface area contributed by atoms with E-state index in [1.807, 2.05) is 0 Å². The molecule has 0 aliphatic rings. The maximum Gasteiger partial charge on any atom is 0.309 e. The summed E-state index contributed by atoms with van der Waals surface area (Å²) in [6, 6.07) is 0. The van der Waals surface area contributed by atoms with Crippen LogP contribution in [0.5, 0.6) is 0 Å².